The molecule has 0 unspecified atom stereocenters. The quantitative estimate of drug-likeness (QED) is 0.747. The second kappa shape index (κ2) is 7.71. The van der Waals surface area contributed by atoms with Gasteiger partial charge in [-0.2, -0.15) is 4.99 Å². The normalized spacial score (nSPS) is 28.5. The maximum atomic E-state index is 12.8. The van der Waals surface area contributed by atoms with E-state index in [1.807, 2.05) is 48.2 Å². The molecule has 1 aromatic rings. The lowest BCUT2D eigenvalue weighted by Crippen LogP contribution is -2.38. The summed E-state index contributed by atoms with van der Waals surface area (Å²) in [5, 5.41) is 0.606. The van der Waals surface area contributed by atoms with Crippen molar-refractivity contribution in [2.45, 2.75) is 43.4 Å². The lowest BCUT2D eigenvalue weighted by atomic mass is 9.89. The lowest BCUT2D eigenvalue weighted by molar-refractivity contribution is -0.122. The van der Waals surface area contributed by atoms with Crippen LogP contribution in [-0.4, -0.2) is 56.4 Å². The molecule has 1 aromatic carbocycles. The highest BCUT2D eigenvalue weighted by Gasteiger charge is 2.49. The first-order chi connectivity index (χ1) is 13.3. The van der Waals surface area contributed by atoms with Crippen molar-refractivity contribution in [3.8, 4) is 0 Å². The summed E-state index contributed by atoms with van der Waals surface area (Å²) in [6.07, 6.45) is 5.21. The van der Waals surface area contributed by atoms with Gasteiger partial charge in [-0.1, -0.05) is 31.0 Å². The van der Waals surface area contributed by atoms with Crippen LogP contribution in [0.25, 0.3) is 0 Å². The van der Waals surface area contributed by atoms with Gasteiger partial charge < -0.3 is 9.80 Å². The van der Waals surface area contributed by atoms with E-state index in [9.17, 15) is 13.2 Å². The number of rotatable bonds is 3. The third-order valence-electron chi connectivity index (χ3n) is 5.87. The Bertz CT molecular complexity index is 874. The Morgan fingerprint density at radius 1 is 1.11 bits per heavy atom. The number of anilines is 2. The zero-order chi connectivity index (χ0) is 19.9. The summed E-state index contributed by atoms with van der Waals surface area (Å²) >= 11 is 1.45. The molecule has 0 spiro atoms. The van der Waals surface area contributed by atoms with Crippen LogP contribution in [0.15, 0.2) is 29.3 Å². The summed E-state index contributed by atoms with van der Waals surface area (Å²) in [6, 6.07) is 7.85. The molecule has 1 amide bonds. The minimum Gasteiger partial charge on any atom is -0.378 e. The number of hydrogen-bond acceptors (Lipinski definition) is 5. The summed E-state index contributed by atoms with van der Waals surface area (Å²) < 4.78 is 24.4. The standard InChI is InChI=1S/C20H27N3O3S2/c1-22(2)15-8-10-16(11-9-15)23-17-12-28(25,26)13-18(17)27-20(23)21-19(24)14-6-4-3-5-7-14/h8-11,14,17-18H,3-7,12-13H2,1-2H3/t17-,18+/m1/s1. The Morgan fingerprint density at radius 3 is 2.43 bits per heavy atom. The zero-order valence-corrected chi connectivity index (χ0v) is 18.0. The Labute approximate surface area is 171 Å². The van der Waals surface area contributed by atoms with Crippen molar-refractivity contribution in [2.75, 3.05) is 35.4 Å². The second-order valence-electron chi connectivity index (χ2n) is 8.15. The molecule has 2 heterocycles. The summed E-state index contributed by atoms with van der Waals surface area (Å²) in [4.78, 5) is 21.3. The van der Waals surface area contributed by atoms with E-state index in [0.717, 1.165) is 37.1 Å². The van der Waals surface area contributed by atoms with Gasteiger partial charge in [-0.25, -0.2) is 8.42 Å². The van der Waals surface area contributed by atoms with Crippen molar-refractivity contribution in [3.05, 3.63) is 24.3 Å². The fourth-order valence-electron chi connectivity index (χ4n) is 4.31. The molecule has 0 N–H and O–H groups in total. The third-order valence-corrected chi connectivity index (χ3v) is 9.08. The van der Waals surface area contributed by atoms with Crippen LogP contribution in [0, 0.1) is 5.92 Å². The number of fused-ring (bicyclic) bond motifs is 1. The van der Waals surface area contributed by atoms with Crippen LogP contribution in [0.1, 0.15) is 32.1 Å². The number of hydrogen-bond donors (Lipinski definition) is 0. The molecule has 0 bridgehead atoms. The summed E-state index contributed by atoms with van der Waals surface area (Å²) in [6.45, 7) is 0. The molecular formula is C20H27N3O3S2. The smallest absolute Gasteiger partial charge is 0.251 e. The molecule has 1 saturated carbocycles. The van der Waals surface area contributed by atoms with Crippen LogP contribution >= 0.6 is 11.8 Å². The molecule has 8 heteroatoms. The Morgan fingerprint density at radius 2 is 1.79 bits per heavy atom. The van der Waals surface area contributed by atoms with Gasteiger partial charge in [0.2, 0.25) is 0 Å². The van der Waals surface area contributed by atoms with Crippen LogP contribution in [-0.2, 0) is 14.6 Å². The molecule has 3 aliphatic rings. The molecular weight excluding hydrogens is 394 g/mol. The largest absolute Gasteiger partial charge is 0.378 e. The van der Waals surface area contributed by atoms with Gasteiger partial charge >= 0.3 is 0 Å². The van der Waals surface area contributed by atoms with Gasteiger partial charge in [-0.15, -0.1) is 0 Å². The first-order valence-electron chi connectivity index (χ1n) is 9.90. The topological polar surface area (TPSA) is 70.0 Å². The van der Waals surface area contributed by atoms with Gasteiger partial charge in [0.25, 0.3) is 5.91 Å². The van der Waals surface area contributed by atoms with E-state index in [4.69, 9.17) is 0 Å². The Hall–Kier alpha value is -1.54. The van der Waals surface area contributed by atoms with Crippen LogP contribution in [0.4, 0.5) is 11.4 Å². The summed E-state index contributed by atoms with van der Waals surface area (Å²) in [5.41, 5.74) is 1.97. The maximum absolute atomic E-state index is 12.8. The number of thioether (sulfide) groups is 1. The number of benzene rings is 1. The predicted molar refractivity (Wildman–Crippen MR) is 116 cm³/mol. The van der Waals surface area contributed by atoms with Crippen molar-refractivity contribution in [1.29, 1.82) is 0 Å². The van der Waals surface area contributed by atoms with E-state index in [-0.39, 0.29) is 34.6 Å². The molecule has 152 valence electrons. The Balaban J connectivity index is 1.65. The average Bonchev–Trinajstić information content (AvgIpc) is 3.13. The highest BCUT2D eigenvalue weighted by Crippen LogP contribution is 2.41. The number of carbonyl (C=O) groups is 1. The molecule has 6 nitrogen and oxygen atoms in total. The van der Waals surface area contributed by atoms with Crippen molar-refractivity contribution < 1.29 is 13.2 Å². The number of aliphatic imine (C=N–C) groups is 1. The van der Waals surface area contributed by atoms with Crippen LogP contribution < -0.4 is 9.80 Å². The molecule has 28 heavy (non-hydrogen) atoms. The molecule has 2 atom stereocenters. The maximum Gasteiger partial charge on any atom is 0.251 e. The number of amidine groups is 1. The molecule has 2 saturated heterocycles. The predicted octanol–water partition coefficient (Wildman–Crippen LogP) is 2.93. The molecule has 4 rings (SSSR count). The second-order valence-corrected chi connectivity index (χ2v) is 11.5. The van der Waals surface area contributed by atoms with Crippen LogP contribution in [0.5, 0.6) is 0 Å². The minimum absolute atomic E-state index is 0.0176. The number of carbonyl (C=O) groups excluding carboxylic acids is 1. The van der Waals surface area contributed by atoms with Crippen molar-refractivity contribution in [1.82, 2.24) is 0 Å². The SMILES string of the molecule is CN(C)c1ccc(N2C(=NC(=O)C3CCCCC3)S[C@H]3CS(=O)(=O)C[C@H]32)cc1. The first kappa shape index (κ1) is 19.8. The fraction of sp³-hybridized carbons (Fsp3) is 0.600. The van der Waals surface area contributed by atoms with E-state index >= 15 is 0 Å². The van der Waals surface area contributed by atoms with Gasteiger partial charge in [0, 0.05) is 36.6 Å². The number of sulfone groups is 1. The lowest BCUT2D eigenvalue weighted by Gasteiger charge is -2.26. The summed E-state index contributed by atoms with van der Waals surface area (Å²) in [7, 11) is 0.913. The van der Waals surface area contributed by atoms with Crippen LogP contribution in [0.2, 0.25) is 0 Å². The number of amides is 1. The number of nitrogens with zero attached hydrogens (tertiary/aromatic N) is 3. The molecule has 1 aliphatic carbocycles. The highest BCUT2D eigenvalue weighted by molar-refractivity contribution is 8.16. The van der Waals surface area contributed by atoms with E-state index in [1.54, 1.807) is 0 Å². The van der Waals surface area contributed by atoms with Crippen molar-refractivity contribution >= 4 is 44.0 Å². The van der Waals surface area contributed by atoms with E-state index in [1.165, 1.54) is 18.2 Å². The molecule has 0 aromatic heterocycles. The van der Waals surface area contributed by atoms with Crippen molar-refractivity contribution in [3.63, 3.8) is 0 Å². The highest BCUT2D eigenvalue weighted by atomic mass is 32.2. The van der Waals surface area contributed by atoms with Gasteiger partial charge in [0.1, 0.15) is 0 Å². The molecule has 2 aliphatic heterocycles. The first-order valence-corrected chi connectivity index (χ1v) is 12.6. The van der Waals surface area contributed by atoms with Gasteiger partial charge in [-0.05, 0) is 37.1 Å². The Kier molecular flexibility index (Phi) is 5.44. The van der Waals surface area contributed by atoms with Gasteiger partial charge in [0.05, 0.1) is 17.5 Å². The third kappa shape index (κ3) is 3.94. The monoisotopic (exact) mass is 421 g/mol. The zero-order valence-electron chi connectivity index (χ0n) is 16.4. The minimum atomic E-state index is -3.05. The van der Waals surface area contributed by atoms with Gasteiger partial charge in [-0.3, -0.25) is 4.79 Å². The fourth-order valence-corrected chi connectivity index (χ4v) is 8.23. The molecule has 0 radical (unpaired) electrons. The van der Waals surface area contributed by atoms with Crippen molar-refractivity contribution in [2.24, 2.45) is 10.9 Å². The van der Waals surface area contributed by atoms with Gasteiger partial charge in [0.15, 0.2) is 15.0 Å². The van der Waals surface area contributed by atoms with E-state index < -0.39 is 9.84 Å². The van der Waals surface area contributed by atoms with E-state index in [2.05, 4.69) is 4.99 Å². The average molecular weight is 422 g/mol. The van der Waals surface area contributed by atoms with E-state index in [0.29, 0.717) is 5.17 Å². The molecule has 3 fully saturated rings. The summed E-state index contributed by atoms with van der Waals surface area (Å²) in [5.74, 6) is 0.256. The van der Waals surface area contributed by atoms with Crippen LogP contribution in [0.3, 0.4) is 0 Å².